The van der Waals surface area contributed by atoms with Gasteiger partial charge in [-0.25, -0.2) is 0 Å². The van der Waals surface area contributed by atoms with Gasteiger partial charge in [0.2, 0.25) is 0 Å². The highest BCUT2D eigenvalue weighted by atomic mass is 16.6. The van der Waals surface area contributed by atoms with Gasteiger partial charge in [-0.3, -0.25) is 4.98 Å². The van der Waals surface area contributed by atoms with Crippen molar-refractivity contribution in [1.82, 2.24) is 10.3 Å². The molecule has 3 rings (SSSR count). The van der Waals surface area contributed by atoms with Crippen molar-refractivity contribution in [3.05, 3.63) is 24.5 Å². The largest absolute Gasteiger partial charge is 0.486 e. The van der Waals surface area contributed by atoms with E-state index in [1.165, 1.54) is 6.42 Å². The van der Waals surface area contributed by atoms with E-state index < -0.39 is 0 Å². The van der Waals surface area contributed by atoms with Gasteiger partial charge < -0.3 is 14.8 Å². The third kappa shape index (κ3) is 2.42. The summed E-state index contributed by atoms with van der Waals surface area (Å²) in [5.74, 6) is 0.835. The molecule has 2 aliphatic heterocycles. The first kappa shape index (κ1) is 11.0. The van der Waals surface area contributed by atoms with Gasteiger partial charge in [0.15, 0.2) is 0 Å². The molecule has 0 bridgehead atoms. The van der Waals surface area contributed by atoms with Crippen LogP contribution in [0.2, 0.25) is 0 Å². The van der Waals surface area contributed by atoms with Gasteiger partial charge in [-0.2, -0.15) is 0 Å². The number of piperidine rings is 1. The number of nitrogens with zero attached hydrogens (tertiary/aromatic N) is 1. The first-order chi connectivity index (χ1) is 8.36. The smallest absolute Gasteiger partial charge is 0.138 e. The highest BCUT2D eigenvalue weighted by Crippen LogP contribution is 2.33. The summed E-state index contributed by atoms with van der Waals surface area (Å²) in [6.45, 7) is 2.76. The second kappa shape index (κ2) is 4.63. The first-order valence-electron chi connectivity index (χ1n) is 6.28. The molecule has 92 valence electrons. The fourth-order valence-corrected chi connectivity index (χ4v) is 2.73. The van der Waals surface area contributed by atoms with E-state index in [-0.39, 0.29) is 11.7 Å². The minimum absolute atomic E-state index is 0.0190. The Labute approximate surface area is 101 Å². The van der Waals surface area contributed by atoms with Crippen molar-refractivity contribution in [2.75, 3.05) is 19.7 Å². The quantitative estimate of drug-likeness (QED) is 0.839. The molecule has 17 heavy (non-hydrogen) atoms. The minimum atomic E-state index is 0.0190. The molecule has 1 spiro atoms. The number of aromatic nitrogens is 1. The fourth-order valence-electron chi connectivity index (χ4n) is 2.73. The lowest BCUT2D eigenvalue weighted by Gasteiger charge is -2.32. The molecule has 0 radical (unpaired) electrons. The average Bonchev–Trinajstić information content (AvgIpc) is 2.74. The second-order valence-electron chi connectivity index (χ2n) is 4.91. The van der Waals surface area contributed by atoms with Crippen LogP contribution in [-0.4, -0.2) is 36.4 Å². The summed E-state index contributed by atoms with van der Waals surface area (Å²) in [6, 6.07) is 3.83. The summed E-state index contributed by atoms with van der Waals surface area (Å²) in [5.41, 5.74) is 0.0190. The number of ether oxygens (including phenoxy) is 2. The van der Waals surface area contributed by atoms with E-state index in [2.05, 4.69) is 10.3 Å². The Morgan fingerprint density at radius 3 is 3.29 bits per heavy atom. The molecule has 0 amide bonds. The van der Waals surface area contributed by atoms with Crippen LogP contribution in [0.3, 0.4) is 0 Å². The zero-order valence-electron chi connectivity index (χ0n) is 9.89. The molecule has 0 unspecified atom stereocenters. The molecule has 2 saturated heterocycles. The van der Waals surface area contributed by atoms with Crippen molar-refractivity contribution < 1.29 is 9.47 Å². The average molecular weight is 234 g/mol. The Kier molecular flexibility index (Phi) is 2.99. The van der Waals surface area contributed by atoms with Gasteiger partial charge in [0.25, 0.3) is 0 Å². The highest BCUT2D eigenvalue weighted by Gasteiger charge is 2.42. The van der Waals surface area contributed by atoms with E-state index in [0.717, 1.165) is 31.7 Å². The number of hydrogen-bond donors (Lipinski definition) is 1. The van der Waals surface area contributed by atoms with Crippen LogP contribution in [0, 0.1) is 0 Å². The standard InChI is InChI=1S/C13H18N2O2/c1-3-11(8-14-5-1)17-12-7-13(16-9-12)4-2-6-15-10-13/h1,3,5,8,12,15H,2,4,6-7,9-10H2/t12-,13-/m1/s1. The summed E-state index contributed by atoms with van der Waals surface area (Å²) in [5, 5.41) is 3.41. The van der Waals surface area contributed by atoms with Gasteiger partial charge in [0, 0.05) is 19.2 Å². The summed E-state index contributed by atoms with van der Waals surface area (Å²) < 4.78 is 11.8. The first-order valence-corrected chi connectivity index (χ1v) is 6.28. The molecule has 1 aromatic heterocycles. The molecule has 4 nitrogen and oxygen atoms in total. The molecule has 4 heteroatoms. The lowest BCUT2D eigenvalue weighted by atomic mass is 9.90. The molecule has 3 heterocycles. The molecular weight excluding hydrogens is 216 g/mol. The predicted octanol–water partition coefficient (Wildman–Crippen LogP) is 1.37. The molecule has 1 N–H and O–H groups in total. The zero-order chi connectivity index (χ0) is 11.6. The number of hydrogen-bond acceptors (Lipinski definition) is 4. The van der Waals surface area contributed by atoms with Crippen LogP contribution in [-0.2, 0) is 4.74 Å². The Hall–Kier alpha value is -1.13. The molecule has 2 atom stereocenters. The van der Waals surface area contributed by atoms with Crippen LogP contribution in [0.4, 0.5) is 0 Å². The molecule has 0 aromatic carbocycles. The lowest BCUT2D eigenvalue weighted by Crippen LogP contribution is -2.45. The van der Waals surface area contributed by atoms with Gasteiger partial charge in [0.05, 0.1) is 18.4 Å². The third-order valence-electron chi connectivity index (χ3n) is 3.55. The molecule has 1 aromatic rings. The molecule has 2 aliphatic rings. The van der Waals surface area contributed by atoms with E-state index in [4.69, 9.17) is 9.47 Å². The van der Waals surface area contributed by atoms with E-state index >= 15 is 0 Å². The third-order valence-corrected chi connectivity index (χ3v) is 3.55. The van der Waals surface area contributed by atoms with Gasteiger partial charge >= 0.3 is 0 Å². The van der Waals surface area contributed by atoms with Crippen molar-refractivity contribution in [3.8, 4) is 5.75 Å². The zero-order valence-corrected chi connectivity index (χ0v) is 9.89. The number of rotatable bonds is 2. The Balaban J connectivity index is 1.60. The minimum Gasteiger partial charge on any atom is -0.486 e. The molecule has 2 fully saturated rings. The second-order valence-corrected chi connectivity index (χ2v) is 4.91. The number of nitrogens with one attached hydrogen (secondary N) is 1. The molecular formula is C13H18N2O2. The summed E-state index contributed by atoms with van der Waals surface area (Å²) >= 11 is 0. The normalized spacial score (nSPS) is 32.8. The van der Waals surface area contributed by atoms with Gasteiger partial charge in [0.1, 0.15) is 11.9 Å². The molecule has 0 aliphatic carbocycles. The van der Waals surface area contributed by atoms with Crippen molar-refractivity contribution in [1.29, 1.82) is 0 Å². The Morgan fingerprint density at radius 2 is 2.53 bits per heavy atom. The Morgan fingerprint density at radius 1 is 1.53 bits per heavy atom. The Bertz CT molecular complexity index is 363. The van der Waals surface area contributed by atoms with Gasteiger partial charge in [-0.15, -0.1) is 0 Å². The van der Waals surface area contributed by atoms with Crippen LogP contribution in [0.5, 0.6) is 5.75 Å². The fraction of sp³-hybridized carbons (Fsp3) is 0.615. The summed E-state index contributed by atoms with van der Waals surface area (Å²) in [4.78, 5) is 4.05. The van der Waals surface area contributed by atoms with Crippen molar-refractivity contribution >= 4 is 0 Å². The van der Waals surface area contributed by atoms with Gasteiger partial charge in [-0.05, 0) is 31.5 Å². The van der Waals surface area contributed by atoms with Crippen LogP contribution < -0.4 is 10.1 Å². The topological polar surface area (TPSA) is 43.4 Å². The maximum absolute atomic E-state index is 5.96. The monoisotopic (exact) mass is 234 g/mol. The summed E-state index contributed by atoms with van der Waals surface area (Å²) in [6.07, 6.45) is 7.00. The SMILES string of the molecule is c1cncc(O[C@H]2CO[C@]3(CCCNC3)C2)c1. The number of pyridine rings is 1. The molecule has 0 saturated carbocycles. The van der Waals surface area contributed by atoms with Crippen molar-refractivity contribution in [3.63, 3.8) is 0 Å². The maximum Gasteiger partial charge on any atom is 0.138 e. The van der Waals surface area contributed by atoms with Crippen molar-refractivity contribution in [2.24, 2.45) is 0 Å². The predicted molar refractivity (Wildman–Crippen MR) is 64.1 cm³/mol. The van der Waals surface area contributed by atoms with Gasteiger partial charge in [-0.1, -0.05) is 0 Å². The van der Waals surface area contributed by atoms with Crippen LogP contribution in [0.15, 0.2) is 24.5 Å². The maximum atomic E-state index is 5.96. The van der Waals surface area contributed by atoms with E-state index in [9.17, 15) is 0 Å². The van der Waals surface area contributed by atoms with Crippen molar-refractivity contribution in [2.45, 2.75) is 31.0 Å². The summed E-state index contributed by atoms with van der Waals surface area (Å²) in [7, 11) is 0. The van der Waals surface area contributed by atoms with E-state index in [1.807, 2.05) is 12.1 Å². The highest BCUT2D eigenvalue weighted by molar-refractivity contribution is 5.16. The van der Waals surface area contributed by atoms with Crippen LogP contribution in [0.1, 0.15) is 19.3 Å². The van der Waals surface area contributed by atoms with Crippen LogP contribution in [0.25, 0.3) is 0 Å². The van der Waals surface area contributed by atoms with E-state index in [1.54, 1.807) is 12.4 Å². The van der Waals surface area contributed by atoms with E-state index in [0.29, 0.717) is 6.61 Å². The lowest BCUT2D eigenvalue weighted by molar-refractivity contribution is -0.0153. The van der Waals surface area contributed by atoms with Crippen LogP contribution >= 0.6 is 0 Å².